The van der Waals surface area contributed by atoms with Crippen molar-refractivity contribution in [3.63, 3.8) is 0 Å². The fraction of sp³-hybridized carbons (Fsp3) is 0.276. The van der Waals surface area contributed by atoms with Crippen LogP contribution >= 0.6 is 0 Å². The summed E-state index contributed by atoms with van der Waals surface area (Å²) in [5, 5.41) is 8.27. The predicted octanol–water partition coefficient (Wildman–Crippen LogP) is 4.83. The lowest BCUT2D eigenvalue weighted by Crippen LogP contribution is -2.32. The Kier molecular flexibility index (Phi) is 8.79. The number of amides is 1. The van der Waals surface area contributed by atoms with Crippen LogP contribution in [0.5, 0.6) is 0 Å². The van der Waals surface area contributed by atoms with E-state index in [-0.39, 0.29) is 11.5 Å². The Bertz CT molecular complexity index is 1280. The molecule has 0 radical (unpaired) electrons. The molecule has 0 aliphatic carbocycles. The fourth-order valence-corrected chi connectivity index (χ4v) is 4.06. The van der Waals surface area contributed by atoms with Gasteiger partial charge >= 0.3 is 0 Å². The zero-order chi connectivity index (χ0) is 25.4. The number of carbonyl (C=O) groups excluding carboxylic acids is 1. The quantitative estimate of drug-likeness (QED) is 0.593. The summed E-state index contributed by atoms with van der Waals surface area (Å²) in [5.74, 6) is 0.0266. The number of hydrogen-bond donors (Lipinski definition) is 1. The third-order valence-electron chi connectivity index (χ3n) is 5.86. The van der Waals surface area contributed by atoms with Crippen molar-refractivity contribution >= 4 is 17.1 Å². The summed E-state index contributed by atoms with van der Waals surface area (Å²) in [6.45, 7) is 13.8. The number of rotatable bonds is 4. The van der Waals surface area contributed by atoms with Crippen LogP contribution in [0.15, 0.2) is 83.8 Å². The number of nitrogens with one attached hydrogen (secondary N) is 1. The predicted molar refractivity (Wildman–Crippen MR) is 143 cm³/mol. The summed E-state index contributed by atoms with van der Waals surface area (Å²) in [6.07, 6.45) is 0.851. The van der Waals surface area contributed by atoms with Crippen LogP contribution < -0.4 is 10.9 Å². The number of carbonyl (C=O) groups is 1. The van der Waals surface area contributed by atoms with Crippen LogP contribution in [-0.4, -0.2) is 40.2 Å². The maximum atomic E-state index is 12.8. The van der Waals surface area contributed by atoms with E-state index in [9.17, 15) is 9.59 Å². The first kappa shape index (κ1) is 25.7. The maximum Gasteiger partial charge on any atom is 0.271 e. The SMILES string of the molecule is C=C(/C(=C1/CN(C(C)=O)CCCN1)c1ccc(=O)n(-c2ccccc2C)n1)c1ccccc1.CC. The monoisotopic (exact) mass is 470 g/mol. The van der Waals surface area contributed by atoms with Gasteiger partial charge in [-0.05, 0) is 42.2 Å². The normalized spacial score (nSPS) is 14.7. The smallest absolute Gasteiger partial charge is 0.271 e. The molecular weight excluding hydrogens is 436 g/mol. The van der Waals surface area contributed by atoms with Crippen molar-refractivity contribution in [2.24, 2.45) is 0 Å². The molecule has 1 saturated heterocycles. The zero-order valence-corrected chi connectivity index (χ0v) is 21.0. The van der Waals surface area contributed by atoms with Crippen molar-refractivity contribution in [2.45, 2.75) is 34.1 Å². The number of nitrogens with zero attached hydrogens (tertiary/aromatic N) is 3. The van der Waals surface area contributed by atoms with Crippen molar-refractivity contribution in [1.29, 1.82) is 0 Å². The zero-order valence-electron chi connectivity index (χ0n) is 21.0. The molecule has 0 spiro atoms. The van der Waals surface area contributed by atoms with Crippen molar-refractivity contribution < 1.29 is 4.79 Å². The minimum Gasteiger partial charge on any atom is -0.386 e. The first-order valence-electron chi connectivity index (χ1n) is 12.1. The van der Waals surface area contributed by atoms with Gasteiger partial charge in [0.05, 0.1) is 17.9 Å². The highest BCUT2D eigenvalue weighted by Crippen LogP contribution is 2.31. The topological polar surface area (TPSA) is 67.2 Å². The first-order valence-corrected chi connectivity index (χ1v) is 12.1. The third kappa shape index (κ3) is 5.96. The summed E-state index contributed by atoms with van der Waals surface area (Å²) in [7, 11) is 0. The molecule has 0 saturated carbocycles. The Hall–Kier alpha value is -3.93. The fourth-order valence-electron chi connectivity index (χ4n) is 4.06. The highest BCUT2D eigenvalue weighted by molar-refractivity contribution is 6.04. The molecule has 1 aromatic heterocycles. The largest absolute Gasteiger partial charge is 0.386 e. The second-order valence-corrected chi connectivity index (χ2v) is 8.17. The number of aromatic nitrogens is 2. The molecule has 6 nitrogen and oxygen atoms in total. The van der Waals surface area contributed by atoms with Crippen molar-refractivity contribution in [2.75, 3.05) is 19.6 Å². The molecule has 0 unspecified atom stereocenters. The first-order chi connectivity index (χ1) is 17.0. The molecule has 1 fully saturated rings. The van der Waals surface area contributed by atoms with Crippen molar-refractivity contribution in [1.82, 2.24) is 20.0 Å². The number of hydrogen-bond acceptors (Lipinski definition) is 4. The van der Waals surface area contributed by atoms with E-state index in [0.29, 0.717) is 18.8 Å². The van der Waals surface area contributed by atoms with Gasteiger partial charge in [0.15, 0.2) is 0 Å². The van der Waals surface area contributed by atoms with E-state index in [4.69, 9.17) is 5.10 Å². The third-order valence-corrected chi connectivity index (χ3v) is 5.86. The summed E-state index contributed by atoms with van der Waals surface area (Å²) < 4.78 is 1.43. The van der Waals surface area contributed by atoms with Crippen molar-refractivity contribution in [3.8, 4) is 5.69 Å². The lowest BCUT2D eigenvalue weighted by Gasteiger charge is -2.22. The highest BCUT2D eigenvalue weighted by Gasteiger charge is 2.22. The minimum absolute atomic E-state index is 0.0266. The van der Waals surface area contributed by atoms with Gasteiger partial charge in [-0.3, -0.25) is 9.59 Å². The molecule has 2 aromatic carbocycles. The molecule has 182 valence electrons. The summed E-state index contributed by atoms with van der Waals surface area (Å²) in [5.41, 5.74) is 5.52. The number of aryl methyl sites for hydroxylation is 1. The molecule has 3 aromatic rings. The number of allylic oxidation sites excluding steroid dienone is 2. The van der Waals surface area contributed by atoms with Crippen LogP contribution in [0.1, 0.15) is 44.0 Å². The van der Waals surface area contributed by atoms with E-state index in [0.717, 1.165) is 46.6 Å². The molecule has 1 aliphatic heterocycles. The van der Waals surface area contributed by atoms with E-state index < -0.39 is 0 Å². The Labute approximate surface area is 207 Å². The van der Waals surface area contributed by atoms with E-state index >= 15 is 0 Å². The van der Waals surface area contributed by atoms with Gasteiger partial charge in [-0.15, -0.1) is 0 Å². The lowest BCUT2D eigenvalue weighted by atomic mass is 9.94. The van der Waals surface area contributed by atoms with E-state index in [2.05, 4.69) is 11.9 Å². The Balaban J connectivity index is 0.00000167. The van der Waals surface area contributed by atoms with Gasteiger partial charge in [-0.1, -0.05) is 69.0 Å². The molecule has 1 N–H and O–H groups in total. The molecular formula is C29H34N4O2. The van der Waals surface area contributed by atoms with Crippen molar-refractivity contribution in [3.05, 3.63) is 106 Å². The molecule has 1 amide bonds. The van der Waals surface area contributed by atoms with Crippen LogP contribution in [0.4, 0.5) is 0 Å². The van der Waals surface area contributed by atoms with Gasteiger partial charge in [-0.25, -0.2) is 0 Å². The molecule has 2 heterocycles. The van der Waals surface area contributed by atoms with E-state index in [1.165, 1.54) is 10.7 Å². The second kappa shape index (κ2) is 12.0. The van der Waals surface area contributed by atoms with Crippen LogP contribution in [0.3, 0.4) is 0 Å². The van der Waals surface area contributed by atoms with Gasteiger partial charge in [-0.2, -0.15) is 9.78 Å². The van der Waals surface area contributed by atoms with Crippen LogP contribution in [0.25, 0.3) is 16.8 Å². The van der Waals surface area contributed by atoms with Gasteiger partial charge in [0.2, 0.25) is 5.91 Å². The molecule has 0 atom stereocenters. The lowest BCUT2D eigenvalue weighted by molar-refractivity contribution is -0.128. The van der Waals surface area contributed by atoms with Gasteiger partial charge in [0, 0.05) is 37.3 Å². The van der Waals surface area contributed by atoms with Gasteiger partial charge in [0.1, 0.15) is 0 Å². The van der Waals surface area contributed by atoms with Crippen LogP contribution in [-0.2, 0) is 4.79 Å². The van der Waals surface area contributed by atoms with E-state index in [1.807, 2.05) is 80.3 Å². The summed E-state index contributed by atoms with van der Waals surface area (Å²) in [6, 6.07) is 20.8. The molecule has 1 aliphatic rings. The average Bonchev–Trinajstić information content (AvgIpc) is 3.14. The second-order valence-electron chi connectivity index (χ2n) is 8.17. The van der Waals surface area contributed by atoms with Gasteiger partial charge < -0.3 is 10.2 Å². The Morgan fingerprint density at radius 3 is 2.37 bits per heavy atom. The highest BCUT2D eigenvalue weighted by atomic mass is 16.2. The standard InChI is InChI=1S/C27H28N4O2.C2H6/c1-19-10-7-8-13-25(19)31-26(33)15-14-23(29-31)27(20(2)22-11-5-4-6-12-22)24-18-30(21(3)32)17-9-16-28-24;1-2/h4-8,10-15,28H,2,9,16-18H2,1,3H3;1-2H3/b27-24+;. The van der Waals surface area contributed by atoms with Gasteiger partial charge in [0.25, 0.3) is 5.56 Å². The Morgan fingerprint density at radius 2 is 1.69 bits per heavy atom. The number of para-hydroxylation sites is 1. The Morgan fingerprint density at radius 1 is 1.00 bits per heavy atom. The summed E-state index contributed by atoms with van der Waals surface area (Å²) >= 11 is 0. The summed E-state index contributed by atoms with van der Waals surface area (Å²) in [4.78, 5) is 26.8. The number of benzene rings is 2. The molecule has 6 heteroatoms. The van der Waals surface area contributed by atoms with Crippen LogP contribution in [0, 0.1) is 6.92 Å². The molecule has 0 bridgehead atoms. The molecule has 35 heavy (non-hydrogen) atoms. The van der Waals surface area contributed by atoms with E-state index in [1.54, 1.807) is 13.0 Å². The maximum absolute atomic E-state index is 12.8. The molecule has 4 rings (SSSR count). The average molecular weight is 471 g/mol. The van der Waals surface area contributed by atoms with Crippen LogP contribution in [0.2, 0.25) is 0 Å². The minimum atomic E-state index is -0.207.